The van der Waals surface area contributed by atoms with Gasteiger partial charge >= 0.3 is 11.9 Å². The zero-order valence-electron chi connectivity index (χ0n) is 24.8. The highest BCUT2D eigenvalue weighted by molar-refractivity contribution is 5.69. The summed E-state index contributed by atoms with van der Waals surface area (Å²) in [6.07, 6.45) is 33.6. The highest BCUT2D eigenvalue weighted by Crippen LogP contribution is 2.18. The third-order valence-electron chi connectivity index (χ3n) is 7.24. The van der Waals surface area contributed by atoms with Crippen molar-refractivity contribution < 1.29 is 19.4 Å². The van der Waals surface area contributed by atoms with Crippen molar-refractivity contribution in [2.24, 2.45) is 0 Å². The average molecular weight is 523 g/mol. The van der Waals surface area contributed by atoms with Gasteiger partial charge in [-0.05, 0) is 57.8 Å². The first-order valence-electron chi connectivity index (χ1n) is 16.2. The van der Waals surface area contributed by atoms with Crippen LogP contribution in [0.1, 0.15) is 181 Å². The zero-order valence-corrected chi connectivity index (χ0v) is 24.8. The Labute approximate surface area is 230 Å². The van der Waals surface area contributed by atoms with Gasteiger partial charge < -0.3 is 9.84 Å². The largest absolute Gasteiger partial charge is 0.481 e. The Hall–Kier alpha value is -1.32. The highest BCUT2D eigenvalue weighted by atomic mass is 16.5. The van der Waals surface area contributed by atoms with Gasteiger partial charge in [-0.15, -0.1) is 0 Å². The van der Waals surface area contributed by atoms with Crippen molar-refractivity contribution in [3.05, 3.63) is 12.2 Å². The fourth-order valence-electron chi connectivity index (χ4n) is 4.81. The molecule has 1 N–H and O–H groups in total. The minimum Gasteiger partial charge on any atom is -0.481 e. The van der Waals surface area contributed by atoms with Crippen LogP contribution in [0.15, 0.2) is 12.2 Å². The van der Waals surface area contributed by atoms with E-state index in [2.05, 4.69) is 26.0 Å². The fourth-order valence-corrected chi connectivity index (χ4v) is 4.81. The summed E-state index contributed by atoms with van der Waals surface area (Å²) in [6, 6.07) is 0. The van der Waals surface area contributed by atoms with Crippen LogP contribution in [0.5, 0.6) is 0 Å². The zero-order chi connectivity index (χ0) is 27.2. The van der Waals surface area contributed by atoms with Crippen molar-refractivity contribution in [1.82, 2.24) is 0 Å². The molecular formula is C33H62O4. The molecule has 0 aliphatic rings. The molecule has 0 bridgehead atoms. The van der Waals surface area contributed by atoms with Gasteiger partial charge in [0.15, 0.2) is 0 Å². The van der Waals surface area contributed by atoms with Crippen LogP contribution >= 0.6 is 0 Å². The van der Waals surface area contributed by atoms with E-state index in [0.717, 1.165) is 70.6 Å². The molecule has 0 amide bonds. The van der Waals surface area contributed by atoms with Crippen LogP contribution in [0.3, 0.4) is 0 Å². The first-order valence-corrected chi connectivity index (χ1v) is 16.2. The Kier molecular flexibility index (Phi) is 28.2. The lowest BCUT2D eigenvalue weighted by Gasteiger charge is -2.18. The Morgan fingerprint density at radius 1 is 0.568 bits per heavy atom. The summed E-state index contributed by atoms with van der Waals surface area (Å²) in [5.74, 6) is -0.692. The number of rotatable bonds is 29. The molecule has 0 radical (unpaired) electrons. The number of carbonyl (C=O) groups excluding carboxylic acids is 1. The number of aliphatic carboxylic acids is 1. The van der Waals surface area contributed by atoms with Gasteiger partial charge in [0, 0.05) is 12.8 Å². The third-order valence-corrected chi connectivity index (χ3v) is 7.24. The summed E-state index contributed by atoms with van der Waals surface area (Å²) < 4.78 is 5.94. The van der Waals surface area contributed by atoms with E-state index in [1.165, 1.54) is 83.5 Å². The number of carboxylic acid groups (broad SMARTS) is 1. The first-order chi connectivity index (χ1) is 18.1. The lowest BCUT2D eigenvalue weighted by molar-refractivity contribution is -0.150. The molecule has 4 heteroatoms. The van der Waals surface area contributed by atoms with E-state index in [9.17, 15) is 9.59 Å². The second-order valence-electron chi connectivity index (χ2n) is 11.0. The first kappa shape index (κ1) is 35.7. The summed E-state index contributed by atoms with van der Waals surface area (Å²) in [5.41, 5.74) is 0. The molecule has 0 aliphatic carbocycles. The monoisotopic (exact) mass is 522 g/mol. The molecule has 0 aromatic heterocycles. The number of ether oxygens (including phenoxy) is 1. The van der Waals surface area contributed by atoms with Crippen molar-refractivity contribution in [3.8, 4) is 0 Å². The lowest BCUT2D eigenvalue weighted by atomic mass is 10.0. The maximum absolute atomic E-state index is 12.5. The molecule has 0 spiro atoms. The number of carbonyl (C=O) groups is 2. The van der Waals surface area contributed by atoms with Crippen LogP contribution < -0.4 is 0 Å². The van der Waals surface area contributed by atoms with E-state index >= 15 is 0 Å². The lowest BCUT2D eigenvalue weighted by Crippen LogP contribution is -2.18. The quantitative estimate of drug-likeness (QED) is 0.0602. The van der Waals surface area contributed by atoms with Crippen molar-refractivity contribution in [3.63, 3.8) is 0 Å². The molecule has 0 fully saturated rings. The fraction of sp³-hybridized carbons (Fsp3) is 0.879. The number of hydrogen-bond donors (Lipinski definition) is 1. The molecule has 1 unspecified atom stereocenters. The Bertz CT molecular complexity index is 528. The van der Waals surface area contributed by atoms with Crippen LogP contribution in [-0.2, 0) is 14.3 Å². The SMILES string of the molecule is CCCC/C=C\CCCCCCCCC(=O)OC(CCCCCCCC)CCCCCCCCC(=O)O. The van der Waals surface area contributed by atoms with Crippen LogP contribution in [0, 0.1) is 0 Å². The molecule has 37 heavy (non-hydrogen) atoms. The predicted molar refractivity (Wildman–Crippen MR) is 158 cm³/mol. The number of unbranched alkanes of at least 4 members (excludes halogenated alkanes) is 18. The van der Waals surface area contributed by atoms with Crippen molar-refractivity contribution >= 4 is 11.9 Å². The van der Waals surface area contributed by atoms with E-state index in [1.54, 1.807) is 0 Å². The molecule has 4 nitrogen and oxygen atoms in total. The maximum Gasteiger partial charge on any atom is 0.306 e. The predicted octanol–water partition coefficient (Wildman–Crippen LogP) is 10.7. The van der Waals surface area contributed by atoms with Gasteiger partial charge in [-0.3, -0.25) is 9.59 Å². The summed E-state index contributed by atoms with van der Waals surface area (Å²) in [4.78, 5) is 23.1. The summed E-state index contributed by atoms with van der Waals surface area (Å²) >= 11 is 0. The summed E-state index contributed by atoms with van der Waals surface area (Å²) in [5, 5.41) is 8.72. The molecule has 0 rings (SSSR count). The normalized spacial score (nSPS) is 12.3. The second kappa shape index (κ2) is 29.2. The maximum atomic E-state index is 12.5. The number of carboxylic acids is 1. The number of hydrogen-bond acceptors (Lipinski definition) is 3. The Morgan fingerprint density at radius 2 is 1.00 bits per heavy atom. The Balaban J connectivity index is 3.98. The molecule has 218 valence electrons. The van der Waals surface area contributed by atoms with Gasteiger partial charge in [0.1, 0.15) is 6.10 Å². The molecule has 0 aromatic carbocycles. The number of esters is 1. The minimum atomic E-state index is -0.694. The van der Waals surface area contributed by atoms with Crippen molar-refractivity contribution in [2.45, 2.75) is 187 Å². The molecule has 0 aromatic rings. The summed E-state index contributed by atoms with van der Waals surface area (Å²) in [7, 11) is 0. The standard InChI is InChI=1S/C33H62O4/c1-3-5-7-9-11-12-13-14-15-16-22-26-30-33(36)37-31(27-23-19-10-8-6-4-2)28-24-20-17-18-21-25-29-32(34)35/h9,11,31H,3-8,10,12-30H2,1-2H3,(H,34,35)/b11-9-. The van der Waals surface area contributed by atoms with Gasteiger partial charge in [-0.2, -0.15) is 0 Å². The van der Waals surface area contributed by atoms with E-state index in [-0.39, 0.29) is 18.5 Å². The van der Waals surface area contributed by atoms with Gasteiger partial charge in [-0.25, -0.2) is 0 Å². The van der Waals surface area contributed by atoms with E-state index in [4.69, 9.17) is 9.84 Å². The second-order valence-corrected chi connectivity index (χ2v) is 11.0. The van der Waals surface area contributed by atoms with Crippen LogP contribution in [0.4, 0.5) is 0 Å². The van der Waals surface area contributed by atoms with E-state index < -0.39 is 5.97 Å². The van der Waals surface area contributed by atoms with Crippen molar-refractivity contribution in [1.29, 1.82) is 0 Å². The topological polar surface area (TPSA) is 63.6 Å². The smallest absolute Gasteiger partial charge is 0.306 e. The summed E-state index contributed by atoms with van der Waals surface area (Å²) in [6.45, 7) is 4.48. The number of allylic oxidation sites excluding steroid dienone is 2. The Morgan fingerprint density at radius 3 is 1.54 bits per heavy atom. The minimum absolute atomic E-state index is 0.00173. The molecule has 0 heterocycles. The molecule has 1 atom stereocenters. The van der Waals surface area contributed by atoms with Gasteiger partial charge in [0.05, 0.1) is 0 Å². The molecule has 0 aliphatic heterocycles. The highest BCUT2D eigenvalue weighted by Gasteiger charge is 2.14. The van der Waals surface area contributed by atoms with E-state index in [1.807, 2.05) is 0 Å². The van der Waals surface area contributed by atoms with Gasteiger partial charge in [0.25, 0.3) is 0 Å². The molecule has 0 saturated heterocycles. The average Bonchev–Trinajstić information content (AvgIpc) is 2.87. The van der Waals surface area contributed by atoms with Crippen molar-refractivity contribution in [2.75, 3.05) is 0 Å². The van der Waals surface area contributed by atoms with Gasteiger partial charge in [-0.1, -0.05) is 122 Å². The van der Waals surface area contributed by atoms with E-state index in [0.29, 0.717) is 6.42 Å². The molecular weight excluding hydrogens is 460 g/mol. The molecule has 0 saturated carbocycles. The van der Waals surface area contributed by atoms with Crippen LogP contribution in [-0.4, -0.2) is 23.1 Å². The van der Waals surface area contributed by atoms with Crippen LogP contribution in [0.25, 0.3) is 0 Å². The van der Waals surface area contributed by atoms with Gasteiger partial charge in [0.2, 0.25) is 0 Å². The van der Waals surface area contributed by atoms with Crippen LogP contribution in [0.2, 0.25) is 0 Å². The third kappa shape index (κ3) is 29.1.